The minimum absolute atomic E-state index is 0.0271. The summed E-state index contributed by atoms with van der Waals surface area (Å²) >= 11 is 0. The molecule has 1 saturated carbocycles. The van der Waals surface area contributed by atoms with Gasteiger partial charge in [-0.3, -0.25) is 14.5 Å². The molecule has 2 fully saturated rings. The maximum absolute atomic E-state index is 12.7. The van der Waals surface area contributed by atoms with Crippen LogP contribution in [0.3, 0.4) is 0 Å². The van der Waals surface area contributed by atoms with Crippen molar-refractivity contribution in [1.82, 2.24) is 4.90 Å². The van der Waals surface area contributed by atoms with Crippen LogP contribution in [0, 0.1) is 23.2 Å². The van der Waals surface area contributed by atoms with Crippen LogP contribution in [-0.2, 0) is 16.1 Å². The first-order valence-electron chi connectivity index (χ1n) is 6.69. The molecule has 1 aromatic rings. The topological polar surface area (TPSA) is 50.5 Å². The van der Waals surface area contributed by atoms with Crippen molar-refractivity contribution in [3.8, 4) is 0 Å². The molecule has 0 aromatic carbocycles. The molecule has 2 heterocycles. The molecule has 0 spiro atoms. The molecule has 1 aliphatic heterocycles. The molecule has 4 nitrogen and oxygen atoms in total. The maximum Gasteiger partial charge on any atom is 0.236 e. The molecule has 2 amide bonds. The number of rotatable bonds is 2. The molecule has 2 bridgehead atoms. The highest BCUT2D eigenvalue weighted by molar-refractivity contribution is 6.08. The van der Waals surface area contributed by atoms with Crippen LogP contribution in [0.4, 0.5) is 0 Å². The van der Waals surface area contributed by atoms with Gasteiger partial charge in [-0.1, -0.05) is 12.2 Å². The van der Waals surface area contributed by atoms with Gasteiger partial charge in [0.15, 0.2) is 0 Å². The van der Waals surface area contributed by atoms with Gasteiger partial charge in [-0.2, -0.15) is 0 Å². The second kappa shape index (κ2) is 3.38. The van der Waals surface area contributed by atoms with Crippen molar-refractivity contribution in [3.63, 3.8) is 0 Å². The molecule has 0 radical (unpaired) electrons. The zero-order valence-electron chi connectivity index (χ0n) is 10.7. The first kappa shape index (κ1) is 11.0. The highest BCUT2D eigenvalue weighted by Gasteiger charge is 2.67. The van der Waals surface area contributed by atoms with E-state index in [9.17, 15) is 9.59 Å². The van der Waals surface area contributed by atoms with E-state index >= 15 is 0 Å². The third-order valence-corrected chi connectivity index (χ3v) is 5.09. The van der Waals surface area contributed by atoms with Crippen LogP contribution in [0.2, 0.25) is 0 Å². The smallest absolute Gasteiger partial charge is 0.236 e. The number of nitrogens with zero attached hydrogens (tertiary/aromatic N) is 1. The zero-order chi connectivity index (χ0) is 13.2. The van der Waals surface area contributed by atoms with E-state index in [1.54, 1.807) is 18.4 Å². The molecule has 4 heteroatoms. The second-order valence-electron chi connectivity index (χ2n) is 5.96. The number of fused-ring (bicyclic) bond motifs is 5. The van der Waals surface area contributed by atoms with Crippen molar-refractivity contribution in [2.45, 2.75) is 19.9 Å². The molecule has 1 saturated heterocycles. The normalized spacial score (nSPS) is 39.4. The van der Waals surface area contributed by atoms with E-state index in [-0.39, 0.29) is 36.1 Å². The van der Waals surface area contributed by atoms with Gasteiger partial charge in [0, 0.05) is 0 Å². The predicted molar refractivity (Wildman–Crippen MR) is 66.6 cm³/mol. The van der Waals surface area contributed by atoms with Crippen molar-refractivity contribution < 1.29 is 14.0 Å². The SMILES string of the molecule is C[C@@]12C(=O)N(Cc3ccco3)C(=O)[C@@H]1[C@H]1C=C[C@H]2C1. The maximum atomic E-state index is 12.7. The summed E-state index contributed by atoms with van der Waals surface area (Å²) in [6.07, 6.45) is 6.74. The Morgan fingerprint density at radius 3 is 2.95 bits per heavy atom. The summed E-state index contributed by atoms with van der Waals surface area (Å²) in [4.78, 5) is 26.6. The van der Waals surface area contributed by atoms with Crippen LogP contribution < -0.4 is 0 Å². The van der Waals surface area contributed by atoms with Crippen LogP contribution >= 0.6 is 0 Å². The Morgan fingerprint density at radius 2 is 2.26 bits per heavy atom. The fraction of sp³-hybridized carbons (Fsp3) is 0.467. The van der Waals surface area contributed by atoms with E-state index in [2.05, 4.69) is 12.2 Å². The van der Waals surface area contributed by atoms with Gasteiger partial charge in [-0.05, 0) is 37.3 Å². The predicted octanol–water partition coefficient (Wildman–Crippen LogP) is 1.98. The van der Waals surface area contributed by atoms with E-state index < -0.39 is 5.41 Å². The largest absolute Gasteiger partial charge is 0.467 e. The molecule has 3 aliphatic rings. The molecule has 4 rings (SSSR count). The fourth-order valence-corrected chi connectivity index (χ4v) is 4.09. The molecule has 0 N–H and O–H groups in total. The number of imide groups is 1. The van der Waals surface area contributed by atoms with Crippen molar-refractivity contribution in [1.29, 1.82) is 0 Å². The third-order valence-electron chi connectivity index (χ3n) is 5.09. The molecular formula is C15H15NO3. The number of furan rings is 1. The number of hydrogen-bond acceptors (Lipinski definition) is 3. The number of amides is 2. The fourth-order valence-electron chi connectivity index (χ4n) is 4.09. The van der Waals surface area contributed by atoms with Crippen molar-refractivity contribution in [2.24, 2.45) is 23.2 Å². The number of carbonyl (C=O) groups is 2. The summed E-state index contributed by atoms with van der Waals surface area (Å²) in [6, 6.07) is 3.57. The summed E-state index contributed by atoms with van der Waals surface area (Å²) in [5, 5.41) is 0. The summed E-state index contributed by atoms with van der Waals surface area (Å²) in [7, 11) is 0. The molecule has 2 aliphatic carbocycles. The van der Waals surface area contributed by atoms with Gasteiger partial charge >= 0.3 is 0 Å². The minimum atomic E-state index is -0.525. The summed E-state index contributed by atoms with van der Waals surface area (Å²) in [6.45, 7) is 2.21. The Balaban J connectivity index is 1.70. The summed E-state index contributed by atoms with van der Waals surface area (Å²) in [5.41, 5.74) is -0.525. The zero-order valence-corrected chi connectivity index (χ0v) is 10.7. The lowest BCUT2D eigenvalue weighted by Crippen LogP contribution is -2.37. The van der Waals surface area contributed by atoms with Crippen LogP contribution in [0.25, 0.3) is 0 Å². The van der Waals surface area contributed by atoms with E-state index in [0.717, 1.165) is 6.42 Å². The minimum Gasteiger partial charge on any atom is -0.467 e. The molecule has 98 valence electrons. The first-order chi connectivity index (χ1) is 9.12. The second-order valence-corrected chi connectivity index (χ2v) is 5.96. The van der Waals surface area contributed by atoms with E-state index in [1.807, 2.05) is 6.92 Å². The lowest BCUT2D eigenvalue weighted by Gasteiger charge is -2.28. The highest BCUT2D eigenvalue weighted by Crippen LogP contribution is 2.60. The molecular weight excluding hydrogens is 242 g/mol. The van der Waals surface area contributed by atoms with E-state index in [0.29, 0.717) is 5.76 Å². The Bertz CT molecular complexity index is 589. The highest BCUT2D eigenvalue weighted by atomic mass is 16.3. The van der Waals surface area contributed by atoms with Crippen LogP contribution in [0.1, 0.15) is 19.1 Å². The van der Waals surface area contributed by atoms with Crippen molar-refractivity contribution in [2.75, 3.05) is 0 Å². The quantitative estimate of drug-likeness (QED) is 0.601. The Kier molecular flexibility index (Phi) is 1.96. The van der Waals surface area contributed by atoms with Crippen LogP contribution in [0.15, 0.2) is 35.0 Å². The number of allylic oxidation sites excluding steroid dienone is 2. The van der Waals surface area contributed by atoms with E-state index in [4.69, 9.17) is 4.42 Å². The number of hydrogen-bond donors (Lipinski definition) is 0. The molecule has 19 heavy (non-hydrogen) atoms. The Morgan fingerprint density at radius 1 is 1.42 bits per heavy atom. The summed E-state index contributed by atoms with van der Waals surface area (Å²) < 4.78 is 5.25. The van der Waals surface area contributed by atoms with Gasteiger partial charge < -0.3 is 4.42 Å². The van der Waals surface area contributed by atoms with Crippen LogP contribution in [0.5, 0.6) is 0 Å². The van der Waals surface area contributed by atoms with Gasteiger partial charge in [0.25, 0.3) is 0 Å². The van der Waals surface area contributed by atoms with Gasteiger partial charge in [0.2, 0.25) is 11.8 Å². The average molecular weight is 257 g/mol. The molecule has 4 atom stereocenters. The first-order valence-corrected chi connectivity index (χ1v) is 6.69. The van der Waals surface area contributed by atoms with Gasteiger partial charge in [-0.25, -0.2) is 0 Å². The number of carbonyl (C=O) groups excluding carboxylic acids is 2. The number of likely N-dealkylation sites (tertiary alicyclic amines) is 1. The Labute approximate surface area is 111 Å². The van der Waals surface area contributed by atoms with Gasteiger partial charge in [0.1, 0.15) is 5.76 Å². The lowest BCUT2D eigenvalue weighted by atomic mass is 9.71. The lowest BCUT2D eigenvalue weighted by molar-refractivity contribution is -0.143. The van der Waals surface area contributed by atoms with Crippen molar-refractivity contribution >= 4 is 11.8 Å². The average Bonchev–Trinajstić information content (AvgIpc) is 3.12. The Hall–Kier alpha value is -1.84. The summed E-state index contributed by atoms with van der Waals surface area (Å²) in [5.74, 6) is 0.903. The molecule has 1 aromatic heterocycles. The monoisotopic (exact) mass is 257 g/mol. The van der Waals surface area contributed by atoms with Gasteiger partial charge in [-0.15, -0.1) is 0 Å². The molecule has 0 unspecified atom stereocenters. The van der Waals surface area contributed by atoms with Gasteiger partial charge in [0.05, 0.1) is 24.1 Å². The third kappa shape index (κ3) is 1.19. The van der Waals surface area contributed by atoms with Crippen molar-refractivity contribution in [3.05, 3.63) is 36.3 Å². The van der Waals surface area contributed by atoms with E-state index in [1.165, 1.54) is 4.90 Å². The standard InChI is InChI=1S/C15H15NO3/c1-15-10-5-4-9(7-10)12(15)13(17)16(14(15)18)8-11-3-2-6-19-11/h2-6,9-10,12H,7-8H2,1H3/t9-,10-,12-,15-/m0/s1. The van der Waals surface area contributed by atoms with Crippen LogP contribution in [-0.4, -0.2) is 16.7 Å².